The van der Waals surface area contributed by atoms with Gasteiger partial charge in [0.15, 0.2) is 11.2 Å². The second-order valence-electron chi connectivity index (χ2n) is 8.21. The third-order valence-electron chi connectivity index (χ3n) is 6.11. The van der Waals surface area contributed by atoms with E-state index in [1.165, 1.54) is 0 Å². The van der Waals surface area contributed by atoms with Gasteiger partial charge in [-0.25, -0.2) is 0 Å². The normalized spacial score (nSPS) is 19.6. The Morgan fingerprint density at radius 2 is 1.75 bits per heavy atom. The van der Waals surface area contributed by atoms with Gasteiger partial charge < -0.3 is 9.15 Å². The molecule has 2 atom stereocenters. The molecule has 1 aliphatic rings. The fourth-order valence-electron chi connectivity index (χ4n) is 4.63. The zero-order chi connectivity index (χ0) is 22.3. The van der Waals surface area contributed by atoms with Crippen molar-refractivity contribution in [1.29, 1.82) is 0 Å². The van der Waals surface area contributed by atoms with Crippen LogP contribution in [0.4, 0.5) is 0 Å². The van der Waals surface area contributed by atoms with Gasteiger partial charge >= 0.3 is 0 Å². The molecule has 2 unspecified atom stereocenters. The highest BCUT2D eigenvalue weighted by Crippen LogP contribution is 2.55. The van der Waals surface area contributed by atoms with Crippen molar-refractivity contribution in [2.75, 3.05) is 7.11 Å². The van der Waals surface area contributed by atoms with Crippen molar-refractivity contribution >= 4 is 28.5 Å². The van der Waals surface area contributed by atoms with E-state index in [0.717, 1.165) is 10.5 Å². The second-order valence-corrected chi connectivity index (χ2v) is 9.79. The molecule has 4 nitrogen and oxygen atoms in total. The summed E-state index contributed by atoms with van der Waals surface area (Å²) in [7, 11) is 1.57. The standard InChI is InChI=1S/C27H22O4S/c1-27(15-17-16-31-22-13-7-4-10-19(22)25(17)28)24(20-11-5-8-14-23(20)32-27)26(29)18-9-3-6-12-21(18)30-2/h3-14,16,24H,15H2,1-2H3. The zero-order valence-corrected chi connectivity index (χ0v) is 18.6. The van der Waals surface area contributed by atoms with Gasteiger partial charge in [-0.2, -0.15) is 0 Å². The third kappa shape index (κ3) is 3.33. The Bertz CT molecular complexity index is 1390. The maximum atomic E-state index is 13.9. The van der Waals surface area contributed by atoms with Crippen LogP contribution in [0.2, 0.25) is 0 Å². The summed E-state index contributed by atoms with van der Waals surface area (Å²) in [6.07, 6.45) is 1.95. The molecule has 0 spiro atoms. The van der Waals surface area contributed by atoms with E-state index in [2.05, 4.69) is 6.92 Å². The van der Waals surface area contributed by atoms with Crippen LogP contribution in [0.3, 0.4) is 0 Å². The van der Waals surface area contributed by atoms with Crippen LogP contribution in [0.1, 0.15) is 34.3 Å². The first-order valence-corrected chi connectivity index (χ1v) is 11.3. The van der Waals surface area contributed by atoms with E-state index in [-0.39, 0.29) is 11.2 Å². The van der Waals surface area contributed by atoms with Crippen molar-refractivity contribution in [1.82, 2.24) is 0 Å². The largest absolute Gasteiger partial charge is 0.496 e. The molecule has 0 aliphatic carbocycles. The zero-order valence-electron chi connectivity index (χ0n) is 17.8. The number of ether oxygens (including phenoxy) is 1. The van der Waals surface area contributed by atoms with Gasteiger partial charge in [-0.1, -0.05) is 42.5 Å². The van der Waals surface area contributed by atoms with Crippen LogP contribution in [-0.2, 0) is 6.42 Å². The van der Waals surface area contributed by atoms with E-state index >= 15 is 0 Å². The lowest BCUT2D eigenvalue weighted by Crippen LogP contribution is -2.35. The lowest BCUT2D eigenvalue weighted by Gasteiger charge is -2.30. The van der Waals surface area contributed by atoms with E-state index in [1.807, 2.05) is 48.5 Å². The van der Waals surface area contributed by atoms with Crippen molar-refractivity contribution in [3.05, 3.63) is 106 Å². The first-order valence-electron chi connectivity index (χ1n) is 10.5. The number of carbonyl (C=O) groups is 1. The molecule has 0 saturated heterocycles. The molecule has 1 aliphatic heterocycles. The summed E-state index contributed by atoms with van der Waals surface area (Å²) in [5, 5.41) is 0.557. The average molecular weight is 443 g/mol. The molecule has 160 valence electrons. The van der Waals surface area contributed by atoms with Crippen molar-refractivity contribution in [2.24, 2.45) is 0 Å². The predicted octanol–water partition coefficient (Wildman–Crippen LogP) is 5.88. The summed E-state index contributed by atoms with van der Waals surface area (Å²) in [4.78, 5) is 28.2. The summed E-state index contributed by atoms with van der Waals surface area (Å²) < 4.78 is 10.7. The molecule has 32 heavy (non-hydrogen) atoms. The summed E-state index contributed by atoms with van der Waals surface area (Å²) in [6.45, 7) is 2.06. The number of benzene rings is 3. The molecule has 0 radical (unpaired) electrons. The first-order chi connectivity index (χ1) is 15.5. The topological polar surface area (TPSA) is 56.5 Å². The fourth-order valence-corrected chi connectivity index (χ4v) is 6.16. The molecule has 5 heteroatoms. The minimum Gasteiger partial charge on any atom is -0.496 e. The van der Waals surface area contributed by atoms with Gasteiger partial charge in [0.1, 0.15) is 11.3 Å². The van der Waals surface area contributed by atoms with Crippen LogP contribution in [0.15, 0.2) is 93.2 Å². The first kappa shape index (κ1) is 20.6. The van der Waals surface area contributed by atoms with Crippen LogP contribution < -0.4 is 10.2 Å². The number of hydrogen-bond acceptors (Lipinski definition) is 5. The Balaban J connectivity index is 1.61. The van der Waals surface area contributed by atoms with Crippen molar-refractivity contribution < 1.29 is 13.9 Å². The Kier molecular flexibility index (Phi) is 5.14. The number of hydrogen-bond donors (Lipinski definition) is 0. The number of methoxy groups -OCH3 is 1. The molecule has 5 rings (SSSR count). The molecule has 0 N–H and O–H groups in total. The highest BCUT2D eigenvalue weighted by molar-refractivity contribution is 8.01. The number of thioether (sulfide) groups is 1. The Morgan fingerprint density at radius 1 is 1.03 bits per heavy atom. The number of fused-ring (bicyclic) bond motifs is 2. The van der Waals surface area contributed by atoms with Gasteiger partial charge in [0.05, 0.1) is 30.2 Å². The number of Topliss-reactive ketones (excluding diaryl/α,β-unsaturated/α-hetero) is 1. The smallest absolute Gasteiger partial charge is 0.195 e. The molecule has 1 aromatic heterocycles. The molecular formula is C27H22O4S. The Hall–Kier alpha value is -3.31. The second kappa shape index (κ2) is 7.99. The van der Waals surface area contributed by atoms with E-state index < -0.39 is 10.7 Å². The molecule has 3 aromatic carbocycles. The monoisotopic (exact) mass is 442 g/mol. The minimum absolute atomic E-state index is 0.00687. The van der Waals surface area contributed by atoms with E-state index in [0.29, 0.717) is 34.3 Å². The molecule has 0 saturated carbocycles. The molecule has 0 amide bonds. The van der Waals surface area contributed by atoms with Gasteiger partial charge in [-0.05, 0) is 49.2 Å². The summed E-state index contributed by atoms with van der Waals surface area (Å²) in [5.41, 5.74) is 2.63. The van der Waals surface area contributed by atoms with Crippen molar-refractivity contribution in [3.8, 4) is 5.75 Å². The quantitative estimate of drug-likeness (QED) is 0.362. The molecule has 0 bridgehead atoms. The van der Waals surface area contributed by atoms with Gasteiger partial charge in [0.25, 0.3) is 0 Å². The number of ketones is 1. The average Bonchev–Trinajstić information content (AvgIpc) is 3.12. The molecule has 4 aromatic rings. The number of carbonyl (C=O) groups excluding carboxylic acids is 1. The molecular weight excluding hydrogens is 420 g/mol. The minimum atomic E-state index is -0.557. The highest BCUT2D eigenvalue weighted by atomic mass is 32.2. The van der Waals surface area contributed by atoms with Crippen molar-refractivity contribution in [3.63, 3.8) is 0 Å². The Labute approximate surface area is 190 Å². The molecule has 2 heterocycles. The summed E-state index contributed by atoms with van der Waals surface area (Å²) in [6, 6.07) is 22.5. The molecule has 0 fully saturated rings. The SMILES string of the molecule is COc1ccccc1C(=O)C1c2ccccc2SC1(C)Cc1coc2ccccc2c1=O. The number of para-hydroxylation sites is 2. The van der Waals surface area contributed by atoms with Gasteiger partial charge in [0.2, 0.25) is 0 Å². The van der Waals surface area contributed by atoms with Crippen LogP contribution in [0.5, 0.6) is 5.75 Å². The van der Waals surface area contributed by atoms with E-state index in [1.54, 1.807) is 49.4 Å². The highest BCUT2D eigenvalue weighted by Gasteiger charge is 2.48. The maximum absolute atomic E-state index is 13.9. The van der Waals surface area contributed by atoms with Gasteiger partial charge in [-0.15, -0.1) is 11.8 Å². The van der Waals surface area contributed by atoms with Gasteiger partial charge in [-0.3, -0.25) is 9.59 Å². The fraction of sp³-hybridized carbons (Fsp3) is 0.185. The van der Waals surface area contributed by atoms with E-state index in [4.69, 9.17) is 9.15 Å². The van der Waals surface area contributed by atoms with E-state index in [9.17, 15) is 9.59 Å². The summed E-state index contributed by atoms with van der Waals surface area (Å²) in [5.74, 6) is 0.123. The lowest BCUT2D eigenvalue weighted by atomic mass is 9.78. The third-order valence-corrected chi connectivity index (χ3v) is 7.55. The van der Waals surface area contributed by atoms with Crippen LogP contribution >= 0.6 is 11.8 Å². The maximum Gasteiger partial charge on any atom is 0.195 e. The predicted molar refractivity (Wildman–Crippen MR) is 127 cm³/mol. The van der Waals surface area contributed by atoms with Crippen LogP contribution in [-0.4, -0.2) is 17.6 Å². The van der Waals surface area contributed by atoms with Crippen molar-refractivity contribution in [2.45, 2.75) is 28.9 Å². The summed E-state index contributed by atoms with van der Waals surface area (Å²) >= 11 is 1.65. The van der Waals surface area contributed by atoms with Crippen LogP contribution in [0, 0.1) is 0 Å². The van der Waals surface area contributed by atoms with Crippen LogP contribution in [0.25, 0.3) is 11.0 Å². The van der Waals surface area contributed by atoms with Gasteiger partial charge in [0, 0.05) is 15.2 Å². The number of rotatable bonds is 5. The Morgan fingerprint density at radius 3 is 2.59 bits per heavy atom. The lowest BCUT2D eigenvalue weighted by molar-refractivity contribution is 0.0941.